The second-order valence-electron chi connectivity index (χ2n) is 5.55. The van der Waals surface area contributed by atoms with Crippen molar-refractivity contribution in [3.63, 3.8) is 0 Å². The van der Waals surface area contributed by atoms with E-state index >= 15 is 0 Å². The number of H-pyrrole nitrogens is 1. The zero-order chi connectivity index (χ0) is 13.4. The van der Waals surface area contributed by atoms with Gasteiger partial charge in [-0.05, 0) is 18.3 Å². The van der Waals surface area contributed by atoms with E-state index in [4.69, 9.17) is 5.73 Å². The number of hydrogen-bond donors (Lipinski definition) is 3. The minimum atomic E-state index is 0.263. The molecule has 0 bridgehead atoms. The van der Waals surface area contributed by atoms with E-state index in [-0.39, 0.29) is 5.95 Å². The Balaban J connectivity index is 1.90. The lowest BCUT2D eigenvalue weighted by Gasteiger charge is -2.34. The van der Waals surface area contributed by atoms with Crippen LogP contribution >= 0.6 is 0 Å². The van der Waals surface area contributed by atoms with Crippen LogP contribution in [0.1, 0.15) is 33.1 Å². The lowest BCUT2D eigenvalue weighted by Crippen LogP contribution is -2.35. The summed E-state index contributed by atoms with van der Waals surface area (Å²) in [6.07, 6.45) is 5.36. The first-order valence-corrected chi connectivity index (χ1v) is 6.88. The number of rotatable bonds is 2. The van der Waals surface area contributed by atoms with Crippen molar-refractivity contribution in [2.24, 2.45) is 11.8 Å². The predicted molar refractivity (Wildman–Crippen MR) is 75.7 cm³/mol. The standard InChI is InChI=1S/C13H20N6/c1-7-4-3-5-9(8(7)2)17-12-10-11(16-6-15-10)18-13(14)19-12/h6-9H,3-5H2,1-2H3,(H4,14,15,16,17,18,19). The maximum absolute atomic E-state index is 5.73. The number of fused-ring (bicyclic) bond motifs is 1. The highest BCUT2D eigenvalue weighted by atomic mass is 15.1. The molecule has 1 aliphatic carbocycles. The van der Waals surface area contributed by atoms with Gasteiger partial charge in [-0.1, -0.05) is 26.7 Å². The molecule has 3 unspecified atom stereocenters. The van der Waals surface area contributed by atoms with Gasteiger partial charge in [0, 0.05) is 6.04 Å². The van der Waals surface area contributed by atoms with Crippen LogP contribution < -0.4 is 11.1 Å². The molecular weight excluding hydrogens is 240 g/mol. The lowest BCUT2D eigenvalue weighted by atomic mass is 9.78. The minimum absolute atomic E-state index is 0.263. The van der Waals surface area contributed by atoms with Gasteiger partial charge in [0.1, 0.15) is 5.52 Å². The van der Waals surface area contributed by atoms with Gasteiger partial charge in [0.25, 0.3) is 0 Å². The summed E-state index contributed by atoms with van der Waals surface area (Å²) < 4.78 is 0. The van der Waals surface area contributed by atoms with Crippen molar-refractivity contribution >= 4 is 22.9 Å². The Morgan fingerprint density at radius 3 is 3.00 bits per heavy atom. The number of nitrogen functional groups attached to an aromatic ring is 1. The summed E-state index contributed by atoms with van der Waals surface area (Å²) >= 11 is 0. The number of nitrogens with two attached hydrogens (primary N) is 1. The van der Waals surface area contributed by atoms with E-state index in [0.717, 1.165) is 17.3 Å². The van der Waals surface area contributed by atoms with Gasteiger partial charge in [0.05, 0.1) is 6.33 Å². The monoisotopic (exact) mass is 260 g/mol. The predicted octanol–water partition coefficient (Wildman–Crippen LogP) is 2.17. The third-order valence-corrected chi connectivity index (χ3v) is 4.33. The molecule has 2 aromatic heterocycles. The lowest BCUT2D eigenvalue weighted by molar-refractivity contribution is 0.253. The number of aromatic nitrogens is 4. The average molecular weight is 260 g/mol. The Bertz CT molecular complexity index is 578. The summed E-state index contributed by atoms with van der Waals surface area (Å²) in [5.41, 5.74) is 7.18. The summed E-state index contributed by atoms with van der Waals surface area (Å²) in [7, 11) is 0. The van der Waals surface area contributed by atoms with E-state index in [2.05, 4.69) is 39.1 Å². The van der Waals surface area contributed by atoms with Crippen molar-refractivity contribution < 1.29 is 0 Å². The van der Waals surface area contributed by atoms with Crippen LogP contribution in [-0.2, 0) is 0 Å². The van der Waals surface area contributed by atoms with Crippen molar-refractivity contribution in [3.8, 4) is 0 Å². The zero-order valence-corrected chi connectivity index (χ0v) is 11.3. The van der Waals surface area contributed by atoms with E-state index in [1.807, 2.05) is 0 Å². The highest BCUT2D eigenvalue weighted by Gasteiger charge is 2.27. The number of aromatic amines is 1. The number of hydrogen-bond acceptors (Lipinski definition) is 5. The molecule has 19 heavy (non-hydrogen) atoms. The highest BCUT2D eigenvalue weighted by Crippen LogP contribution is 2.32. The van der Waals surface area contributed by atoms with Crippen LogP contribution in [0.5, 0.6) is 0 Å². The Kier molecular flexibility index (Phi) is 3.00. The topological polar surface area (TPSA) is 92.5 Å². The summed E-state index contributed by atoms with van der Waals surface area (Å²) in [5.74, 6) is 2.40. The first-order chi connectivity index (χ1) is 9.15. The van der Waals surface area contributed by atoms with E-state index in [9.17, 15) is 0 Å². The Hall–Kier alpha value is -1.85. The van der Waals surface area contributed by atoms with E-state index < -0.39 is 0 Å². The molecule has 6 heteroatoms. The first kappa shape index (κ1) is 12.2. The van der Waals surface area contributed by atoms with Crippen LogP contribution in [0.3, 0.4) is 0 Å². The van der Waals surface area contributed by atoms with Crippen LogP contribution in [-0.4, -0.2) is 26.0 Å². The number of nitrogens with zero attached hydrogens (tertiary/aromatic N) is 3. The van der Waals surface area contributed by atoms with Crippen molar-refractivity contribution in [1.82, 2.24) is 19.9 Å². The molecule has 3 atom stereocenters. The van der Waals surface area contributed by atoms with Crippen molar-refractivity contribution in [3.05, 3.63) is 6.33 Å². The molecule has 6 nitrogen and oxygen atoms in total. The van der Waals surface area contributed by atoms with Gasteiger partial charge in [-0.3, -0.25) is 0 Å². The molecule has 3 rings (SSSR count). The molecule has 1 fully saturated rings. The smallest absolute Gasteiger partial charge is 0.224 e. The van der Waals surface area contributed by atoms with Crippen LogP contribution in [0.15, 0.2) is 6.33 Å². The normalized spacial score (nSPS) is 27.6. The molecule has 0 radical (unpaired) electrons. The molecule has 0 saturated heterocycles. The van der Waals surface area contributed by atoms with E-state index in [0.29, 0.717) is 17.6 Å². The fourth-order valence-corrected chi connectivity index (χ4v) is 2.92. The quantitative estimate of drug-likeness (QED) is 0.769. The fourth-order valence-electron chi connectivity index (χ4n) is 2.92. The van der Waals surface area contributed by atoms with Gasteiger partial charge in [-0.2, -0.15) is 9.97 Å². The maximum atomic E-state index is 5.73. The third-order valence-electron chi connectivity index (χ3n) is 4.33. The average Bonchev–Trinajstić information content (AvgIpc) is 2.83. The van der Waals surface area contributed by atoms with Crippen LogP contribution in [0.2, 0.25) is 0 Å². The fraction of sp³-hybridized carbons (Fsp3) is 0.615. The molecule has 102 valence electrons. The van der Waals surface area contributed by atoms with Crippen LogP contribution in [0.4, 0.5) is 11.8 Å². The van der Waals surface area contributed by atoms with Crippen molar-refractivity contribution in [1.29, 1.82) is 0 Å². The second kappa shape index (κ2) is 4.68. The molecule has 4 N–H and O–H groups in total. The zero-order valence-electron chi connectivity index (χ0n) is 11.3. The van der Waals surface area contributed by atoms with Gasteiger partial charge in [-0.25, -0.2) is 4.98 Å². The minimum Gasteiger partial charge on any atom is -0.368 e. The molecule has 0 aromatic carbocycles. The molecule has 0 aliphatic heterocycles. The molecular formula is C13H20N6. The van der Waals surface area contributed by atoms with Gasteiger partial charge < -0.3 is 16.0 Å². The first-order valence-electron chi connectivity index (χ1n) is 6.88. The Labute approximate surface area is 112 Å². The summed E-state index contributed by atoms with van der Waals surface area (Å²) in [4.78, 5) is 15.6. The number of nitrogens with one attached hydrogen (secondary N) is 2. The summed E-state index contributed by atoms with van der Waals surface area (Å²) in [6.45, 7) is 4.62. The molecule has 0 spiro atoms. The molecule has 2 aromatic rings. The van der Waals surface area contributed by atoms with Gasteiger partial charge in [0.2, 0.25) is 5.95 Å². The Morgan fingerprint density at radius 1 is 1.32 bits per heavy atom. The number of anilines is 2. The molecule has 1 aliphatic rings. The van der Waals surface area contributed by atoms with E-state index in [1.165, 1.54) is 19.3 Å². The molecule has 0 amide bonds. The van der Waals surface area contributed by atoms with Crippen LogP contribution in [0, 0.1) is 11.8 Å². The van der Waals surface area contributed by atoms with E-state index in [1.54, 1.807) is 6.33 Å². The second-order valence-corrected chi connectivity index (χ2v) is 5.55. The van der Waals surface area contributed by atoms with Gasteiger partial charge in [-0.15, -0.1) is 0 Å². The molecule has 1 saturated carbocycles. The van der Waals surface area contributed by atoms with Crippen molar-refractivity contribution in [2.75, 3.05) is 11.1 Å². The molecule has 2 heterocycles. The number of imidazole rings is 1. The SMILES string of the molecule is CC1CCCC(Nc2nc(N)nc3nc[nH]c23)C1C. The summed E-state index contributed by atoms with van der Waals surface area (Å²) in [6, 6.07) is 0.435. The highest BCUT2D eigenvalue weighted by molar-refractivity contribution is 5.83. The van der Waals surface area contributed by atoms with Crippen LogP contribution in [0.25, 0.3) is 11.2 Å². The summed E-state index contributed by atoms with van der Waals surface area (Å²) in [5, 5.41) is 3.53. The third kappa shape index (κ3) is 2.22. The maximum Gasteiger partial charge on any atom is 0.224 e. The van der Waals surface area contributed by atoms with Gasteiger partial charge >= 0.3 is 0 Å². The Morgan fingerprint density at radius 2 is 2.16 bits per heavy atom. The van der Waals surface area contributed by atoms with Gasteiger partial charge in [0.15, 0.2) is 11.5 Å². The largest absolute Gasteiger partial charge is 0.368 e. The van der Waals surface area contributed by atoms with Crippen molar-refractivity contribution in [2.45, 2.75) is 39.2 Å².